The van der Waals surface area contributed by atoms with Gasteiger partial charge < -0.3 is 15.2 Å². The van der Waals surface area contributed by atoms with Gasteiger partial charge in [-0.2, -0.15) is 0 Å². The van der Waals surface area contributed by atoms with E-state index < -0.39 is 0 Å². The van der Waals surface area contributed by atoms with Gasteiger partial charge in [-0.25, -0.2) is 4.98 Å². The van der Waals surface area contributed by atoms with Crippen molar-refractivity contribution < 1.29 is 9.47 Å². The molecule has 0 amide bonds. The Hall–Kier alpha value is -1.01. The number of aromatic nitrogens is 1. The standard InChI is InChI=1S/C13H16N2O2S.2ClH/c1-16-11-4-3-9(7-12(11)17-2)13-15-10(5-6-14)8-18-13;;/h3-4,7-8H,5-6,14H2,1-2H3;2*1H. The minimum Gasteiger partial charge on any atom is -0.493 e. The maximum atomic E-state index is 5.52. The Labute approximate surface area is 135 Å². The molecule has 0 saturated carbocycles. The van der Waals surface area contributed by atoms with Gasteiger partial charge in [0.1, 0.15) is 5.01 Å². The fraction of sp³-hybridized carbons (Fsp3) is 0.308. The molecule has 0 fully saturated rings. The first kappa shape index (κ1) is 19.0. The van der Waals surface area contributed by atoms with Crippen molar-refractivity contribution in [3.63, 3.8) is 0 Å². The van der Waals surface area contributed by atoms with Gasteiger partial charge in [-0.3, -0.25) is 0 Å². The summed E-state index contributed by atoms with van der Waals surface area (Å²) >= 11 is 1.61. The number of thiazole rings is 1. The highest BCUT2D eigenvalue weighted by Gasteiger charge is 2.09. The van der Waals surface area contributed by atoms with Crippen molar-refractivity contribution in [3.8, 4) is 22.1 Å². The number of ether oxygens (including phenoxy) is 2. The zero-order valence-corrected chi connectivity index (χ0v) is 13.7. The lowest BCUT2D eigenvalue weighted by Crippen LogP contribution is -2.02. The van der Waals surface area contributed by atoms with Crippen molar-refractivity contribution in [1.29, 1.82) is 0 Å². The van der Waals surface area contributed by atoms with E-state index in [-0.39, 0.29) is 24.8 Å². The third-order valence-electron chi connectivity index (χ3n) is 2.58. The van der Waals surface area contributed by atoms with Crippen molar-refractivity contribution in [2.24, 2.45) is 5.73 Å². The first-order valence-corrected chi connectivity index (χ1v) is 6.53. The molecule has 0 aliphatic carbocycles. The van der Waals surface area contributed by atoms with Gasteiger partial charge in [0.15, 0.2) is 11.5 Å². The summed E-state index contributed by atoms with van der Waals surface area (Å²) in [5.41, 5.74) is 7.58. The summed E-state index contributed by atoms with van der Waals surface area (Å²) < 4.78 is 10.5. The predicted molar refractivity (Wildman–Crippen MR) is 87.9 cm³/mol. The van der Waals surface area contributed by atoms with Crippen LogP contribution in [-0.2, 0) is 6.42 Å². The molecule has 4 nitrogen and oxygen atoms in total. The summed E-state index contributed by atoms with van der Waals surface area (Å²) in [5.74, 6) is 1.44. The van der Waals surface area contributed by atoms with Crippen molar-refractivity contribution in [3.05, 3.63) is 29.3 Å². The van der Waals surface area contributed by atoms with Gasteiger partial charge in [0.05, 0.1) is 19.9 Å². The summed E-state index contributed by atoms with van der Waals surface area (Å²) in [6, 6.07) is 5.80. The lowest BCUT2D eigenvalue weighted by atomic mass is 10.2. The van der Waals surface area contributed by atoms with Crippen LogP contribution in [0.15, 0.2) is 23.6 Å². The average Bonchev–Trinajstić information content (AvgIpc) is 2.87. The molecule has 0 spiro atoms. The molecule has 0 unspecified atom stereocenters. The lowest BCUT2D eigenvalue weighted by Gasteiger charge is -2.08. The molecule has 0 atom stereocenters. The predicted octanol–water partition coefficient (Wildman–Crippen LogP) is 3.17. The van der Waals surface area contributed by atoms with Gasteiger partial charge in [0.25, 0.3) is 0 Å². The minimum atomic E-state index is 0. The van der Waals surface area contributed by atoms with Gasteiger partial charge in [-0.05, 0) is 24.7 Å². The number of nitrogens with zero attached hydrogens (tertiary/aromatic N) is 1. The van der Waals surface area contributed by atoms with Crippen LogP contribution in [0.5, 0.6) is 11.5 Å². The molecule has 0 aliphatic heterocycles. The van der Waals surface area contributed by atoms with Crippen molar-refractivity contribution >= 4 is 36.2 Å². The highest BCUT2D eigenvalue weighted by molar-refractivity contribution is 7.13. The Bertz CT molecular complexity index is 535. The molecule has 0 aliphatic rings. The zero-order chi connectivity index (χ0) is 13.0. The molecule has 2 N–H and O–H groups in total. The number of hydrogen-bond donors (Lipinski definition) is 1. The molecule has 0 radical (unpaired) electrons. The molecule has 20 heavy (non-hydrogen) atoms. The molecular formula is C13H18Cl2N2O2S. The summed E-state index contributed by atoms with van der Waals surface area (Å²) in [4.78, 5) is 4.54. The van der Waals surface area contributed by atoms with Gasteiger partial charge >= 0.3 is 0 Å². The molecule has 112 valence electrons. The van der Waals surface area contributed by atoms with Crippen LogP contribution in [0.4, 0.5) is 0 Å². The number of methoxy groups -OCH3 is 2. The second-order valence-corrected chi connectivity index (χ2v) is 4.61. The van der Waals surface area contributed by atoms with E-state index in [2.05, 4.69) is 4.98 Å². The molecule has 1 aromatic carbocycles. The highest BCUT2D eigenvalue weighted by atomic mass is 35.5. The quantitative estimate of drug-likeness (QED) is 0.910. The largest absolute Gasteiger partial charge is 0.493 e. The van der Waals surface area contributed by atoms with Gasteiger partial charge in [-0.15, -0.1) is 36.2 Å². The van der Waals surface area contributed by atoms with Gasteiger partial charge in [0.2, 0.25) is 0 Å². The zero-order valence-electron chi connectivity index (χ0n) is 11.3. The van der Waals surface area contributed by atoms with Crippen LogP contribution in [-0.4, -0.2) is 25.7 Å². The van der Waals surface area contributed by atoms with Crippen LogP contribution >= 0.6 is 36.2 Å². The van der Waals surface area contributed by atoms with Crippen LogP contribution in [0.3, 0.4) is 0 Å². The smallest absolute Gasteiger partial charge is 0.161 e. The molecular weight excluding hydrogens is 319 g/mol. The normalized spacial score (nSPS) is 9.35. The first-order chi connectivity index (χ1) is 8.78. The van der Waals surface area contributed by atoms with Gasteiger partial charge in [-0.1, -0.05) is 0 Å². The average molecular weight is 337 g/mol. The number of nitrogens with two attached hydrogens (primary N) is 1. The van der Waals surface area contributed by atoms with Crippen molar-refractivity contribution in [2.75, 3.05) is 20.8 Å². The number of rotatable bonds is 5. The monoisotopic (exact) mass is 336 g/mol. The SMILES string of the molecule is COc1ccc(-c2nc(CCN)cs2)cc1OC.Cl.Cl. The van der Waals surface area contributed by atoms with Crippen molar-refractivity contribution in [2.45, 2.75) is 6.42 Å². The van der Waals surface area contributed by atoms with Crippen LogP contribution in [0.2, 0.25) is 0 Å². The Morgan fingerprint density at radius 1 is 1.15 bits per heavy atom. The van der Waals surface area contributed by atoms with E-state index in [4.69, 9.17) is 15.2 Å². The molecule has 2 aromatic rings. The van der Waals surface area contributed by atoms with E-state index in [1.165, 1.54) is 0 Å². The Balaban J connectivity index is 0.00000180. The number of halogens is 2. The fourth-order valence-corrected chi connectivity index (χ4v) is 2.52. The summed E-state index contributed by atoms with van der Waals surface area (Å²) in [5, 5.41) is 3.01. The second kappa shape index (κ2) is 9.02. The van der Waals surface area contributed by atoms with E-state index in [9.17, 15) is 0 Å². The van der Waals surface area contributed by atoms with E-state index in [1.807, 2.05) is 23.6 Å². The summed E-state index contributed by atoms with van der Waals surface area (Å²) in [6.07, 6.45) is 0.809. The highest BCUT2D eigenvalue weighted by Crippen LogP contribution is 2.33. The molecule has 0 saturated heterocycles. The second-order valence-electron chi connectivity index (χ2n) is 3.75. The summed E-state index contributed by atoms with van der Waals surface area (Å²) in [6.45, 7) is 0.620. The maximum Gasteiger partial charge on any atom is 0.161 e. The lowest BCUT2D eigenvalue weighted by molar-refractivity contribution is 0.355. The molecule has 7 heteroatoms. The van der Waals surface area contributed by atoms with Crippen LogP contribution in [0, 0.1) is 0 Å². The van der Waals surface area contributed by atoms with Crippen LogP contribution in [0.1, 0.15) is 5.69 Å². The summed E-state index contributed by atoms with van der Waals surface area (Å²) in [7, 11) is 3.25. The van der Waals surface area contributed by atoms with E-state index in [1.54, 1.807) is 25.6 Å². The molecule has 0 bridgehead atoms. The van der Waals surface area contributed by atoms with E-state index in [0.29, 0.717) is 12.3 Å². The Kier molecular flexibility index (Phi) is 8.57. The van der Waals surface area contributed by atoms with Crippen LogP contribution < -0.4 is 15.2 Å². The molecule has 1 aromatic heterocycles. The first-order valence-electron chi connectivity index (χ1n) is 5.65. The maximum absolute atomic E-state index is 5.52. The van der Waals surface area contributed by atoms with Gasteiger partial charge in [0, 0.05) is 17.4 Å². The van der Waals surface area contributed by atoms with E-state index in [0.717, 1.165) is 28.4 Å². The fourth-order valence-electron chi connectivity index (χ4n) is 1.67. The topological polar surface area (TPSA) is 57.4 Å². The number of hydrogen-bond acceptors (Lipinski definition) is 5. The van der Waals surface area contributed by atoms with E-state index >= 15 is 0 Å². The minimum absolute atomic E-state index is 0. The Morgan fingerprint density at radius 3 is 2.45 bits per heavy atom. The molecule has 2 rings (SSSR count). The molecule has 1 heterocycles. The van der Waals surface area contributed by atoms with Crippen molar-refractivity contribution in [1.82, 2.24) is 4.98 Å². The third kappa shape index (κ3) is 4.24. The number of benzene rings is 1. The van der Waals surface area contributed by atoms with Crippen LogP contribution in [0.25, 0.3) is 10.6 Å². The Morgan fingerprint density at radius 2 is 1.85 bits per heavy atom. The third-order valence-corrected chi connectivity index (χ3v) is 3.52.